The molecule has 1 aliphatic heterocycles. The molecule has 1 aliphatic rings. The second kappa shape index (κ2) is 10.4. The van der Waals surface area contributed by atoms with Crippen molar-refractivity contribution >= 4 is 62.9 Å². The molecule has 1 unspecified atom stereocenters. The van der Waals surface area contributed by atoms with Gasteiger partial charge in [-0.1, -0.05) is 71.1 Å². The van der Waals surface area contributed by atoms with Gasteiger partial charge in [0.25, 0.3) is 5.78 Å². The van der Waals surface area contributed by atoms with Gasteiger partial charge in [-0.2, -0.15) is 0 Å². The molecular weight excluding hydrogens is 570 g/mol. The van der Waals surface area contributed by atoms with Crippen LogP contribution in [0, 0.1) is 6.92 Å². The third-order valence-corrected chi connectivity index (χ3v) is 8.94. The van der Waals surface area contributed by atoms with Crippen molar-refractivity contribution in [3.05, 3.63) is 106 Å². The number of aromatic nitrogens is 4. The third-order valence-electron chi connectivity index (χ3n) is 6.47. The molecule has 0 spiro atoms. The lowest BCUT2D eigenvalue weighted by Crippen LogP contribution is -2.29. The summed E-state index contributed by atoms with van der Waals surface area (Å²) >= 11 is 8.83. The number of thioether (sulfide) groups is 1. The zero-order valence-corrected chi connectivity index (χ0v) is 23.2. The number of nitrogens with zero attached hydrogens (tertiary/aromatic N) is 5. The van der Waals surface area contributed by atoms with Crippen LogP contribution in [0.25, 0.3) is 11.4 Å². The lowest BCUT2D eigenvalue weighted by Gasteiger charge is -2.22. The number of benzene rings is 2. The molecular formula is C28H20ClN5O4S2. The van der Waals surface area contributed by atoms with E-state index in [1.165, 1.54) is 28.8 Å². The van der Waals surface area contributed by atoms with Gasteiger partial charge in [0.2, 0.25) is 5.13 Å². The zero-order chi connectivity index (χ0) is 28.0. The van der Waals surface area contributed by atoms with Crippen LogP contribution in [0.1, 0.15) is 28.6 Å². The van der Waals surface area contributed by atoms with E-state index >= 15 is 0 Å². The molecule has 2 aromatic carbocycles. The number of phenolic OH excluding ortho intramolecular Hbond substituents is 1. The normalized spacial score (nSPS) is 16.8. The minimum atomic E-state index is -1.06. The molecule has 200 valence electrons. The first-order chi connectivity index (χ1) is 19.3. The smallest absolute Gasteiger partial charge is 0.301 e. The minimum Gasteiger partial charge on any atom is -0.508 e. The summed E-state index contributed by atoms with van der Waals surface area (Å²) in [6.07, 6.45) is 1.72. The van der Waals surface area contributed by atoms with Crippen molar-refractivity contribution in [3.8, 4) is 5.75 Å². The van der Waals surface area contributed by atoms with Gasteiger partial charge in [-0.25, -0.2) is 4.98 Å². The number of anilines is 1. The van der Waals surface area contributed by atoms with E-state index in [1.54, 1.807) is 41.8 Å². The molecule has 0 aliphatic carbocycles. The average molecular weight is 590 g/mol. The fourth-order valence-electron chi connectivity index (χ4n) is 4.68. The lowest BCUT2D eigenvalue weighted by atomic mass is 9.96. The lowest BCUT2D eigenvalue weighted by molar-refractivity contribution is -0.132. The quantitative estimate of drug-likeness (QED) is 0.0841. The minimum absolute atomic E-state index is 0.0534. The van der Waals surface area contributed by atoms with E-state index in [4.69, 9.17) is 11.6 Å². The first-order valence-electron chi connectivity index (χ1n) is 12.1. The molecule has 5 aromatic rings. The van der Waals surface area contributed by atoms with Crippen LogP contribution in [0.2, 0.25) is 5.02 Å². The van der Waals surface area contributed by atoms with Crippen LogP contribution < -0.4 is 4.90 Å². The van der Waals surface area contributed by atoms with E-state index in [1.807, 2.05) is 30.3 Å². The van der Waals surface area contributed by atoms with Crippen molar-refractivity contribution in [1.29, 1.82) is 0 Å². The maximum absolute atomic E-state index is 13.5. The molecule has 2 N–H and O–H groups in total. The summed E-state index contributed by atoms with van der Waals surface area (Å²) in [6.45, 7) is 1.72. The fraction of sp³-hybridized carbons (Fsp3) is 0.107. The number of amides is 1. The van der Waals surface area contributed by atoms with Crippen LogP contribution in [-0.4, -0.2) is 41.5 Å². The number of halogens is 1. The average Bonchev–Trinajstić information content (AvgIpc) is 3.61. The topological polar surface area (TPSA) is 121 Å². The van der Waals surface area contributed by atoms with Crippen molar-refractivity contribution in [1.82, 2.24) is 19.6 Å². The number of Topliss-reactive ketones (excluding diaryl/α,β-unsaturated/α-hetero) is 1. The van der Waals surface area contributed by atoms with Gasteiger partial charge >= 0.3 is 5.91 Å². The summed E-state index contributed by atoms with van der Waals surface area (Å²) < 4.78 is 2.23. The van der Waals surface area contributed by atoms with Crippen molar-refractivity contribution < 1.29 is 19.8 Å². The Kier molecular flexibility index (Phi) is 6.78. The highest BCUT2D eigenvalue weighted by atomic mass is 35.5. The van der Waals surface area contributed by atoms with Crippen LogP contribution >= 0.6 is 34.7 Å². The number of aliphatic hydroxyl groups is 1. The van der Waals surface area contributed by atoms with Gasteiger partial charge in [-0.05, 0) is 48.4 Å². The van der Waals surface area contributed by atoms with Crippen LogP contribution in [0.4, 0.5) is 5.13 Å². The molecule has 0 radical (unpaired) electrons. The van der Waals surface area contributed by atoms with Crippen molar-refractivity contribution in [2.45, 2.75) is 23.1 Å². The van der Waals surface area contributed by atoms with E-state index in [9.17, 15) is 19.8 Å². The Balaban J connectivity index is 1.45. The van der Waals surface area contributed by atoms with E-state index < -0.39 is 17.7 Å². The number of phenols is 1. The molecule has 0 bridgehead atoms. The highest BCUT2D eigenvalue weighted by Crippen LogP contribution is 2.45. The second-order valence-electron chi connectivity index (χ2n) is 8.97. The SMILES string of the molecule is Cc1nc2ccccn2c1/C(O)=C1\C(=O)C(=O)N(c2nnc(SCc3ccccc3Cl)s2)C1c1cccc(O)c1. The number of rotatable bonds is 6. The highest BCUT2D eigenvalue weighted by molar-refractivity contribution is 8.00. The number of aryl methyl sites for hydroxylation is 1. The molecule has 4 heterocycles. The first-order valence-corrected chi connectivity index (χ1v) is 14.2. The van der Waals surface area contributed by atoms with E-state index in [0.717, 1.165) is 16.9 Å². The second-order valence-corrected chi connectivity index (χ2v) is 11.6. The Morgan fingerprint density at radius 2 is 1.88 bits per heavy atom. The predicted molar refractivity (Wildman–Crippen MR) is 154 cm³/mol. The van der Waals surface area contributed by atoms with E-state index in [0.29, 0.717) is 37.7 Å². The van der Waals surface area contributed by atoms with Gasteiger partial charge in [0, 0.05) is 17.0 Å². The Hall–Kier alpha value is -4.19. The predicted octanol–water partition coefficient (Wildman–Crippen LogP) is 5.77. The molecule has 1 amide bonds. The molecule has 1 fully saturated rings. The summed E-state index contributed by atoms with van der Waals surface area (Å²) in [5.74, 6) is -1.63. The standard InChI is InChI=1S/C28H20ClN5O4S2/c1-15-22(33-12-5-4-11-20(33)30-15)24(36)21-23(16-8-6-9-18(35)13-16)34(26(38)25(21)37)27-31-32-28(40-27)39-14-17-7-2-3-10-19(17)29/h2-13,23,35-36H,14H2,1H3/b24-21+. The van der Waals surface area contributed by atoms with E-state index in [-0.39, 0.29) is 22.2 Å². The molecule has 12 heteroatoms. The molecule has 40 heavy (non-hydrogen) atoms. The van der Waals surface area contributed by atoms with Crippen LogP contribution in [0.5, 0.6) is 5.75 Å². The molecule has 3 aromatic heterocycles. The molecule has 0 saturated carbocycles. The molecule has 9 nitrogen and oxygen atoms in total. The van der Waals surface area contributed by atoms with Gasteiger partial charge in [0.1, 0.15) is 17.1 Å². The summed E-state index contributed by atoms with van der Waals surface area (Å²) in [4.78, 5) is 32.7. The number of hydrogen-bond acceptors (Lipinski definition) is 9. The number of carbonyl (C=O) groups is 2. The molecule has 1 saturated heterocycles. The van der Waals surface area contributed by atoms with Gasteiger partial charge in [0.15, 0.2) is 10.1 Å². The number of aliphatic hydroxyl groups excluding tert-OH is 1. The highest BCUT2D eigenvalue weighted by Gasteiger charge is 2.49. The van der Waals surface area contributed by atoms with Crippen molar-refractivity contribution in [2.24, 2.45) is 0 Å². The number of imidazole rings is 1. The van der Waals surface area contributed by atoms with Crippen molar-refractivity contribution in [3.63, 3.8) is 0 Å². The molecule has 6 rings (SSSR count). The number of aromatic hydroxyl groups is 1. The Labute approximate surface area is 241 Å². The number of pyridine rings is 1. The monoisotopic (exact) mass is 589 g/mol. The van der Waals surface area contributed by atoms with Gasteiger partial charge in [-0.3, -0.25) is 18.9 Å². The summed E-state index contributed by atoms with van der Waals surface area (Å²) in [6, 6.07) is 18.0. The third kappa shape index (κ3) is 4.51. The summed E-state index contributed by atoms with van der Waals surface area (Å²) in [5.41, 5.74) is 2.58. The van der Waals surface area contributed by atoms with Gasteiger partial charge in [0.05, 0.1) is 17.3 Å². The van der Waals surface area contributed by atoms with Crippen LogP contribution in [0.15, 0.2) is 82.8 Å². The first kappa shape index (κ1) is 26.1. The largest absolute Gasteiger partial charge is 0.508 e. The fourth-order valence-corrected chi connectivity index (χ4v) is 6.83. The Morgan fingerprint density at radius 3 is 2.67 bits per heavy atom. The zero-order valence-electron chi connectivity index (χ0n) is 20.9. The van der Waals surface area contributed by atoms with Crippen LogP contribution in [-0.2, 0) is 15.3 Å². The maximum Gasteiger partial charge on any atom is 0.301 e. The maximum atomic E-state index is 13.5. The Bertz CT molecular complexity index is 1830. The van der Waals surface area contributed by atoms with Crippen LogP contribution in [0.3, 0.4) is 0 Å². The molecule has 1 atom stereocenters. The number of ketones is 1. The number of carbonyl (C=O) groups excluding carboxylic acids is 2. The van der Waals surface area contributed by atoms with Gasteiger partial charge < -0.3 is 10.2 Å². The van der Waals surface area contributed by atoms with Crippen molar-refractivity contribution in [2.75, 3.05) is 4.90 Å². The summed E-state index contributed by atoms with van der Waals surface area (Å²) in [5, 5.41) is 31.1. The Morgan fingerprint density at radius 1 is 1.07 bits per heavy atom. The summed E-state index contributed by atoms with van der Waals surface area (Å²) in [7, 11) is 0. The van der Waals surface area contributed by atoms with E-state index in [2.05, 4.69) is 15.2 Å². The number of fused-ring (bicyclic) bond motifs is 1. The number of hydrogen-bond donors (Lipinski definition) is 2. The van der Waals surface area contributed by atoms with Gasteiger partial charge in [-0.15, -0.1) is 10.2 Å².